The second-order valence-electron chi connectivity index (χ2n) is 3.91. The lowest BCUT2D eigenvalue weighted by Gasteiger charge is -2.03. The normalized spacial score (nSPS) is 20.5. The molecule has 1 atom stereocenters. The SMILES string of the molecule is CCOC(=O)C1=COS2=C1C=C(c1ccccc1)S2. The maximum Gasteiger partial charge on any atom is 0.342 e. The first-order chi connectivity index (χ1) is 9.29. The third-order valence-electron chi connectivity index (χ3n) is 2.68. The molecule has 98 valence electrons. The number of benzene rings is 1. The summed E-state index contributed by atoms with van der Waals surface area (Å²) in [4.78, 5) is 13.9. The predicted octanol–water partition coefficient (Wildman–Crippen LogP) is 3.52. The first-order valence-corrected chi connectivity index (χ1v) is 8.39. The van der Waals surface area contributed by atoms with Crippen LogP contribution >= 0.6 is 20.6 Å². The molecule has 3 nitrogen and oxygen atoms in total. The average Bonchev–Trinajstić information content (AvgIpc) is 2.99. The van der Waals surface area contributed by atoms with E-state index < -0.39 is 9.80 Å². The van der Waals surface area contributed by atoms with E-state index in [9.17, 15) is 4.79 Å². The Bertz CT molecular complexity index is 615. The lowest BCUT2D eigenvalue weighted by atomic mass is 10.1. The van der Waals surface area contributed by atoms with E-state index in [1.165, 1.54) is 6.26 Å². The Hall–Kier alpha value is -1.46. The van der Waals surface area contributed by atoms with Gasteiger partial charge in [-0.3, -0.25) is 0 Å². The Kier molecular flexibility index (Phi) is 3.48. The fourth-order valence-electron chi connectivity index (χ4n) is 1.80. The first kappa shape index (κ1) is 12.6. The van der Waals surface area contributed by atoms with Gasteiger partial charge in [0.15, 0.2) is 0 Å². The number of esters is 1. The minimum Gasteiger partial charge on any atom is -0.462 e. The van der Waals surface area contributed by atoms with Crippen molar-refractivity contribution in [3.8, 4) is 0 Å². The molecule has 0 spiro atoms. The van der Waals surface area contributed by atoms with E-state index in [2.05, 4.69) is 12.1 Å². The highest BCUT2D eigenvalue weighted by Gasteiger charge is 2.30. The van der Waals surface area contributed by atoms with Gasteiger partial charge >= 0.3 is 5.97 Å². The molecule has 0 saturated heterocycles. The molecule has 0 aromatic heterocycles. The Balaban J connectivity index is 1.85. The summed E-state index contributed by atoms with van der Waals surface area (Å²) in [5, 5.41) is 0. The molecule has 0 N–H and O–H groups in total. The number of ether oxygens (including phenoxy) is 1. The van der Waals surface area contributed by atoms with Crippen LogP contribution in [0.15, 0.2) is 48.2 Å². The molecule has 0 amide bonds. The van der Waals surface area contributed by atoms with Crippen molar-refractivity contribution in [3.63, 3.8) is 0 Å². The molecular formula is C14H12O3S2. The molecule has 1 aromatic carbocycles. The highest BCUT2D eigenvalue weighted by molar-refractivity contribution is 8.86. The minimum absolute atomic E-state index is 0.307. The highest BCUT2D eigenvalue weighted by atomic mass is 33.1. The van der Waals surface area contributed by atoms with Crippen molar-refractivity contribution in [1.29, 1.82) is 0 Å². The van der Waals surface area contributed by atoms with Gasteiger partial charge in [0.1, 0.15) is 11.8 Å². The smallest absolute Gasteiger partial charge is 0.342 e. The van der Waals surface area contributed by atoms with Gasteiger partial charge in [0.05, 0.1) is 21.3 Å². The summed E-state index contributed by atoms with van der Waals surface area (Å²) in [6.07, 6.45) is 3.54. The van der Waals surface area contributed by atoms with Gasteiger partial charge in [-0.1, -0.05) is 30.3 Å². The van der Waals surface area contributed by atoms with Crippen LogP contribution in [0.4, 0.5) is 0 Å². The van der Waals surface area contributed by atoms with Crippen molar-refractivity contribution in [2.75, 3.05) is 6.61 Å². The topological polar surface area (TPSA) is 35.5 Å². The van der Waals surface area contributed by atoms with E-state index in [0.29, 0.717) is 12.2 Å². The van der Waals surface area contributed by atoms with Crippen molar-refractivity contribution >= 4 is 36.3 Å². The van der Waals surface area contributed by atoms with Gasteiger partial charge in [0, 0.05) is 4.91 Å². The molecule has 19 heavy (non-hydrogen) atoms. The first-order valence-electron chi connectivity index (χ1n) is 5.91. The van der Waals surface area contributed by atoms with Crippen LogP contribution in [0.3, 0.4) is 0 Å². The fraction of sp³-hybridized carbons (Fsp3) is 0.143. The summed E-state index contributed by atoms with van der Waals surface area (Å²) >= 11 is 0. The lowest BCUT2D eigenvalue weighted by molar-refractivity contribution is -0.137. The second kappa shape index (κ2) is 5.27. The monoisotopic (exact) mass is 292 g/mol. The molecule has 2 aliphatic heterocycles. The third kappa shape index (κ3) is 2.35. The molecule has 0 bridgehead atoms. The Labute approximate surface area is 117 Å². The molecule has 1 aromatic rings. The molecule has 0 fully saturated rings. The van der Waals surface area contributed by atoms with Gasteiger partial charge in [-0.2, -0.15) is 0 Å². The average molecular weight is 292 g/mol. The van der Waals surface area contributed by atoms with Gasteiger partial charge < -0.3 is 8.92 Å². The molecule has 1 unspecified atom stereocenters. The Morgan fingerprint density at radius 3 is 2.89 bits per heavy atom. The number of carbonyl (C=O) groups is 1. The number of hydrogen-bond acceptors (Lipinski definition) is 4. The van der Waals surface area contributed by atoms with Gasteiger partial charge in [-0.25, -0.2) is 4.79 Å². The van der Waals surface area contributed by atoms with E-state index in [0.717, 1.165) is 15.3 Å². The summed E-state index contributed by atoms with van der Waals surface area (Å²) < 4.78 is 10.6. The van der Waals surface area contributed by atoms with Gasteiger partial charge in [-0.05, 0) is 29.4 Å². The molecule has 0 radical (unpaired) electrons. The quantitative estimate of drug-likeness (QED) is 0.485. The summed E-state index contributed by atoms with van der Waals surface area (Å²) in [5.74, 6) is -0.307. The van der Waals surface area contributed by atoms with Crippen LogP contribution < -0.4 is 0 Å². The van der Waals surface area contributed by atoms with Crippen LogP contribution in [0.1, 0.15) is 12.5 Å². The number of hydrogen-bond donors (Lipinski definition) is 0. The zero-order valence-electron chi connectivity index (χ0n) is 10.3. The number of carbonyl (C=O) groups excluding carboxylic acids is 1. The molecule has 3 rings (SSSR count). The lowest BCUT2D eigenvalue weighted by Crippen LogP contribution is -2.11. The van der Waals surface area contributed by atoms with Crippen LogP contribution in [0, 0.1) is 0 Å². The van der Waals surface area contributed by atoms with E-state index >= 15 is 0 Å². The zero-order chi connectivity index (χ0) is 13.2. The van der Waals surface area contributed by atoms with Crippen molar-refractivity contribution in [1.82, 2.24) is 0 Å². The van der Waals surface area contributed by atoms with Crippen LogP contribution in [0.2, 0.25) is 0 Å². The second-order valence-corrected chi connectivity index (χ2v) is 7.02. The van der Waals surface area contributed by atoms with E-state index in [4.69, 9.17) is 8.92 Å². The standard InChI is InChI=1S/C14H12O3S2/c1-2-16-14(15)11-9-17-19-13(11)8-12(18-19)10-6-4-3-5-7-10/h3-9H,2H2,1H3. The Morgan fingerprint density at radius 1 is 1.37 bits per heavy atom. The van der Waals surface area contributed by atoms with Crippen molar-refractivity contribution < 1.29 is 13.7 Å². The maximum absolute atomic E-state index is 11.8. The van der Waals surface area contributed by atoms with Crippen molar-refractivity contribution in [2.24, 2.45) is 0 Å². The van der Waals surface area contributed by atoms with Gasteiger partial charge in [-0.15, -0.1) is 0 Å². The summed E-state index contributed by atoms with van der Waals surface area (Å²) in [6.45, 7) is 2.17. The molecule has 0 aliphatic carbocycles. The summed E-state index contributed by atoms with van der Waals surface area (Å²) in [7, 11) is 1.24. The van der Waals surface area contributed by atoms with Crippen LogP contribution in [0.5, 0.6) is 0 Å². The zero-order valence-corrected chi connectivity index (χ0v) is 11.9. The number of rotatable bonds is 3. The van der Waals surface area contributed by atoms with Crippen LogP contribution in [-0.2, 0) is 13.7 Å². The van der Waals surface area contributed by atoms with Crippen molar-refractivity contribution in [3.05, 3.63) is 53.8 Å². The molecule has 2 heterocycles. The van der Waals surface area contributed by atoms with E-state index in [1.54, 1.807) is 17.7 Å². The predicted molar refractivity (Wildman–Crippen MR) is 80.4 cm³/mol. The van der Waals surface area contributed by atoms with Gasteiger partial charge in [0.25, 0.3) is 0 Å². The van der Waals surface area contributed by atoms with Crippen molar-refractivity contribution in [2.45, 2.75) is 6.92 Å². The fourth-order valence-corrected chi connectivity index (χ4v) is 5.22. The summed E-state index contributed by atoms with van der Waals surface area (Å²) in [6, 6.07) is 10.1. The van der Waals surface area contributed by atoms with E-state index in [-0.39, 0.29) is 5.97 Å². The van der Waals surface area contributed by atoms with Gasteiger partial charge in [0.2, 0.25) is 0 Å². The highest BCUT2D eigenvalue weighted by Crippen LogP contribution is 2.53. The minimum atomic E-state index is -0.405. The third-order valence-corrected chi connectivity index (χ3v) is 6.10. The molecule has 5 heteroatoms. The molecular weight excluding hydrogens is 280 g/mol. The summed E-state index contributed by atoms with van der Waals surface area (Å²) in [5.41, 5.74) is 1.69. The van der Waals surface area contributed by atoms with Crippen LogP contribution in [-0.4, -0.2) is 17.4 Å². The molecule has 0 saturated carbocycles. The number of allylic oxidation sites excluding steroid dienone is 1. The van der Waals surface area contributed by atoms with Crippen LogP contribution in [0.25, 0.3) is 4.91 Å². The maximum atomic E-state index is 11.8. The largest absolute Gasteiger partial charge is 0.462 e. The molecule has 2 aliphatic rings. The Morgan fingerprint density at radius 2 is 2.16 bits per heavy atom. The van der Waals surface area contributed by atoms with E-state index in [1.807, 2.05) is 24.3 Å².